The normalized spacial score (nSPS) is 16.5. The maximum atomic E-state index is 10.9. The van der Waals surface area contributed by atoms with Crippen molar-refractivity contribution in [3.8, 4) is 0 Å². The molecule has 1 heterocycles. The lowest BCUT2D eigenvalue weighted by Gasteiger charge is -2.01. The lowest BCUT2D eigenvalue weighted by Crippen LogP contribution is -2.02. The molecule has 0 saturated heterocycles. The van der Waals surface area contributed by atoms with E-state index >= 15 is 0 Å². The van der Waals surface area contributed by atoms with Crippen molar-refractivity contribution in [2.24, 2.45) is 0 Å². The highest BCUT2D eigenvalue weighted by Gasteiger charge is 2.13. The lowest BCUT2D eigenvalue weighted by molar-refractivity contribution is -0.145. The quantitative estimate of drug-likeness (QED) is 0.624. The molecule has 0 atom stereocenters. The Kier molecular flexibility index (Phi) is 3.67. The summed E-state index contributed by atoms with van der Waals surface area (Å²) in [4.78, 5) is 21.7. The van der Waals surface area contributed by atoms with Gasteiger partial charge in [-0.05, 0) is 6.42 Å². The molecule has 1 rings (SSSR count). The molecule has 0 aromatic rings. The molecule has 1 aliphatic rings. The Bertz CT molecular complexity index is 301. The molecule has 0 aromatic heterocycles. The SMILES string of the molecule is CC/C=C/C=C1OC(=O)C=CC(=O)O1. The lowest BCUT2D eigenvalue weighted by atomic mass is 10.4. The van der Waals surface area contributed by atoms with Crippen molar-refractivity contribution in [3.63, 3.8) is 0 Å². The highest BCUT2D eigenvalue weighted by Crippen LogP contribution is 2.06. The summed E-state index contributed by atoms with van der Waals surface area (Å²) < 4.78 is 9.34. The number of rotatable bonds is 2. The molecule has 14 heavy (non-hydrogen) atoms. The molecule has 0 spiro atoms. The van der Waals surface area contributed by atoms with Gasteiger partial charge in [0.15, 0.2) is 0 Å². The van der Waals surface area contributed by atoms with Crippen LogP contribution in [0.4, 0.5) is 0 Å². The Hall–Kier alpha value is -1.84. The fraction of sp³-hybridized carbons (Fsp3) is 0.200. The monoisotopic (exact) mass is 194 g/mol. The van der Waals surface area contributed by atoms with Crippen LogP contribution in [0.2, 0.25) is 0 Å². The summed E-state index contributed by atoms with van der Waals surface area (Å²) in [6, 6.07) is 0. The number of ether oxygens (including phenoxy) is 2. The van der Waals surface area contributed by atoms with Gasteiger partial charge in [-0.2, -0.15) is 0 Å². The second-order valence-electron chi connectivity index (χ2n) is 2.50. The second-order valence-corrected chi connectivity index (χ2v) is 2.50. The number of hydrogen-bond donors (Lipinski definition) is 0. The van der Waals surface area contributed by atoms with Crippen LogP contribution in [0, 0.1) is 0 Å². The molecule has 74 valence electrons. The minimum atomic E-state index is -0.619. The highest BCUT2D eigenvalue weighted by atomic mass is 16.7. The average Bonchev–Trinajstić information content (AvgIpc) is 2.29. The van der Waals surface area contributed by atoms with Gasteiger partial charge < -0.3 is 9.47 Å². The van der Waals surface area contributed by atoms with E-state index in [2.05, 4.69) is 9.47 Å². The van der Waals surface area contributed by atoms with Crippen LogP contribution in [-0.2, 0) is 19.1 Å². The zero-order chi connectivity index (χ0) is 10.4. The van der Waals surface area contributed by atoms with Crippen LogP contribution in [0.5, 0.6) is 0 Å². The van der Waals surface area contributed by atoms with Gasteiger partial charge in [-0.1, -0.05) is 19.1 Å². The third-order valence-electron chi connectivity index (χ3n) is 1.36. The van der Waals surface area contributed by atoms with Crippen molar-refractivity contribution in [1.82, 2.24) is 0 Å². The first-order valence-electron chi connectivity index (χ1n) is 4.21. The van der Waals surface area contributed by atoms with Gasteiger partial charge in [-0.3, -0.25) is 0 Å². The molecule has 0 radical (unpaired) electrons. The van der Waals surface area contributed by atoms with Crippen LogP contribution in [0.15, 0.2) is 36.3 Å². The largest absolute Gasteiger partial charge is 0.389 e. The molecular formula is C10H10O4. The van der Waals surface area contributed by atoms with E-state index in [0.717, 1.165) is 18.6 Å². The maximum absolute atomic E-state index is 10.9. The number of carbonyl (C=O) groups excluding carboxylic acids is 2. The zero-order valence-electron chi connectivity index (χ0n) is 7.73. The van der Waals surface area contributed by atoms with Gasteiger partial charge >= 0.3 is 11.9 Å². The molecule has 0 bridgehead atoms. The molecule has 4 heteroatoms. The molecule has 0 aliphatic carbocycles. The van der Waals surface area contributed by atoms with Crippen LogP contribution in [0.25, 0.3) is 0 Å². The minimum Gasteiger partial charge on any atom is -0.389 e. The molecular weight excluding hydrogens is 184 g/mol. The van der Waals surface area contributed by atoms with Gasteiger partial charge in [0.2, 0.25) is 0 Å². The molecule has 0 saturated carbocycles. The Balaban J connectivity index is 2.71. The van der Waals surface area contributed by atoms with Crippen molar-refractivity contribution >= 4 is 11.9 Å². The van der Waals surface area contributed by atoms with Crippen molar-refractivity contribution in [2.45, 2.75) is 13.3 Å². The van der Waals surface area contributed by atoms with E-state index in [1.165, 1.54) is 6.08 Å². The number of esters is 2. The number of cyclic esters (lactones) is 2. The van der Waals surface area contributed by atoms with Crippen LogP contribution in [-0.4, -0.2) is 11.9 Å². The highest BCUT2D eigenvalue weighted by molar-refractivity contribution is 5.93. The Morgan fingerprint density at radius 2 is 1.79 bits per heavy atom. The van der Waals surface area contributed by atoms with Crippen LogP contribution in [0.1, 0.15) is 13.3 Å². The Morgan fingerprint density at radius 3 is 2.29 bits per heavy atom. The summed E-state index contributed by atoms with van der Waals surface area (Å²) in [6.07, 6.45) is 7.81. The summed E-state index contributed by atoms with van der Waals surface area (Å²) in [5, 5.41) is 0. The topological polar surface area (TPSA) is 52.6 Å². The smallest absolute Gasteiger partial charge is 0.338 e. The van der Waals surface area contributed by atoms with E-state index in [1.807, 2.05) is 13.0 Å². The summed E-state index contributed by atoms with van der Waals surface area (Å²) in [6.45, 7) is 1.96. The van der Waals surface area contributed by atoms with Crippen LogP contribution < -0.4 is 0 Å². The summed E-state index contributed by atoms with van der Waals surface area (Å²) in [5.41, 5.74) is 0. The predicted molar refractivity (Wildman–Crippen MR) is 48.8 cm³/mol. The van der Waals surface area contributed by atoms with Crippen molar-refractivity contribution in [3.05, 3.63) is 36.3 Å². The minimum absolute atomic E-state index is 0.102. The zero-order valence-corrected chi connectivity index (χ0v) is 7.73. The van der Waals surface area contributed by atoms with E-state index in [-0.39, 0.29) is 5.95 Å². The third-order valence-corrected chi connectivity index (χ3v) is 1.36. The predicted octanol–water partition coefficient (Wildman–Crippen LogP) is 1.45. The van der Waals surface area contributed by atoms with Gasteiger partial charge in [-0.15, -0.1) is 0 Å². The first-order valence-corrected chi connectivity index (χ1v) is 4.21. The van der Waals surface area contributed by atoms with Crippen LogP contribution in [0.3, 0.4) is 0 Å². The second kappa shape index (κ2) is 5.01. The molecule has 0 fully saturated rings. The van der Waals surface area contributed by atoms with Gasteiger partial charge in [0.1, 0.15) is 0 Å². The van der Waals surface area contributed by atoms with Gasteiger partial charge in [-0.25, -0.2) is 9.59 Å². The fourth-order valence-electron chi connectivity index (χ4n) is 0.774. The van der Waals surface area contributed by atoms with Gasteiger partial charge in [0, 0.05) is 18.2 Å². The van der Waals surface area contributed by atoms with E-state index in [0.29, 0.717) is 0 Å². The average molecular weight is 194 g/mol. The van der Waals surface area contributed by atoms with Crippen molar-refractivity contribution in [2.75, 3.05) is 0 Å². The molecule has 0 amide bonds. The molecule has 0 unspecified atom stereocenters. The van der Waals surface area contributed by atoms with Gasteiger partial charge in [0.25, 0.3) is 5.95 Å². The van der Waals surface area contributed by atoms with Gasteiger partial charge in [0.05, 0.1) is 0 Å². The third kappa shape index (κ3) is 3.26. The van der Waals surface area contributed by atoms with E-state index in [9.17, 15) is 9.59 Å². The number of carbonyl (C=O) groups is 2. The first kappa shape index (κ1) is 10.2. The first-order chi connectivity index (χ1) is 6.72. The summed E-state index contributed by atoms with van der Waals surface area (Å²) in [5.74, 6) is -1.34. The van der Waals surface area contributed by atoms with E-state index in [1.54, 1.807) is 6.08 Å². The van der Waals surface area contributed by atoms with Crippen LogP contribution >= 0.6 is 0 Å². The fourth-order valence-corrected chi connectivity index (χ4v) is 0.774. The van der Waals surface area contributed by atoms with Crippen molar-refractivity contribution < 1.29 is 19.1 Å². The number of allylic oxidation sites excluding steroid dienone is 3. The molecule has 0 aromatic carbocycles. The molecule has 1 aliphatic heterocycles. The summed E-state index contributed by atoms with van der Waals surface area (Å²) >= 11 is 0. The molecule has 4 nitrogen and oxygen atoms in total. The Labute approximate surface area is 81.5 Å². The van der Waals surface area contributed by atoms with E-state index < -0.39 is 11.9 Å². The number of hydrogen-bond acceptors (Lipinski definition) is 4. The molecule has 0 N–H and O–H groups in total. The van der Waals surface area contributed by atoms with Crippen molar-refractivity contribution in [1.29, 1.82) is 0 Å². The summed E-state index contributed by atoms with van der Waals surface area (Å²) in [7, 11) is 0. The maximum Gasteiger partial charge on any atom is 0.338 e. The standard InChI is InChI=1S/C10H10O4/c1-2-3-4-5-10-13-8(11)6-7-9(12)14-10/h3-7H,2H2,1H3/b4-3+. The van der Waals surface area contributed by atoms with E-state index in [4.69, 9.17) is 0 Å². The Morgan fingerprint density at radius 1 is 1.21 bits per heavy atom.